The molecule has 0 saturated heterocycles. The maximum Gasteiger partial charge on any atom is 0.220 e. The van der Waals surface area contributed by atoms with E-state index in [9.17, 15) is 4.79 Å². The number of hydrogen-bond acceptors (Lipinski definition) is 3. The number of aromatic nitrogens is 1. The summed E-state index contributed by atoms with van der Waals surface area (Å²) in [6.07, 6.45) is 1.70. The Bertz CT molecular complexity index is 830. The van der Waals surface area contributed by atoms with Crippen LogP contribution in [-0.2, 0) is 17.6 Å². The number of nitrogens with zero attached hydrogens (tertiary/aromatic N) is 1. The highest BCUT2D eigenvalue weighted by Crippen LogP contribution is 2.26. The number of benzene rings is 2. The summed E-state index contributed by atoms with van der Waals surface area (Å²) in [5.41, 5.74) is 1.91. The van der Waals surface area contributed by atoms with Gasteiger partial charge in [0.2, 0.25) is 5.91 Å². The second kappa shape index (κ2) is 7.97. The summed E-state index contributed by atoms with van der Waals surface area (Å²) in [6.45, 7) is 0.585. The van der Waals surface area contributed by atoms with Crippen molar-refractivity contribution in [1.82, 2.24) is 10.3 Å². The smallest absolute Gasteiger partial charge is 0.220 e. The summed E-state index contributed by atoms with van der Waals surface area (Å²) < 4.78 is 1.18. The minimum Gasteiger partial charge on any atom is -0.356 e. The van der Waals surface area contributed by atoms with E-state index in [1.54, 1.807) is 17.4 Å². The quantitative estimate of drug-likeness (QED) is 0.662. The van der Waals surface area contributed by atoms with Crippen LogP contribution in [0.3, 0.4) is 0 Å². The molecule has 1 heterocycles. The minimum atomic E-state index is 0.00662. The van der Waals surface area contributed by atoms with Crippen molar-refractivity contribution in [2.75, 3.05) is 6.54 Å². The third-order valence-corrected chi connectivity index (χ3v) is 5.61. The summed E-state index contributed by atoms with van der Waals surface area (Å²) in [6, 6.07) is 13.5. The Morgan fingerprint density at radius 2 is 1.92 bits per heavy atom. The zero-order valence-electron chi connectivity index (χ0n) is 12.9. The molecule has 3 nitrogen and oxygen atoms in total. The lowest BCUT2D eigenvalue weighted by Gasteiger charge is -2.06. The average molecular weight is 379 g/mol. The molecule has 2 aromatic carbocycles. The lowest BCUT2D eigenvalue weighted by Crippen LogP contribution is -2.25. The van der Waals surface area contributed by atoms with Gasteiger partial charge in [-0.05, 0) is 30.2 Å². The average Bonchev–Trinajstić information content (AvgIpc) is 2.99. The van der Waals surface area contributed by atoms with E-state index in [1.807, 2.05) is 30.3 Å². The summed E-state index contributed by atoms with van der Waals surface area (Å²) in [5, 5.41) is 5.02. The van der Waals surface area contributed by atoms with Gasteiger partial charge in [0.25, 0.3) is 0 Å². The van der Waals surface area contributed by atoms with Gasteiger partial charge in [-0.15, -0.1) is 11.3 Å². The van der Waals surface area contributed by atoms with Crippen LogP contribution in [0.15, 0.2) is 42.5 Å². The Balaban J connectivity index is 1.46. The summed E-state index contributed by atoms with van der Waals surface area (Å²) >= 11 is 13.8. The van der Waals surface area contributed by atoms with Crippen molar-refractivity contribution in [2.45, 2.75) is 19.3 Å². The third kappa shape index (κ3) is 4.26. The Kier molecular flexibility index (Phi) is 5.72. The molecule has 124 valence electrons. The molecule has 0 aliphatic heterocycles. The number of rotatable bonds is 6. The number of para-hydroxylation sites is 1. The first kappa shape index (κ1) is 17.2. The fourth-order valence-corrected chi connectivity index (χ4v) is 3.80. The Morgan fingerprint density at radius 3 is 2.75 bits per heavy atom. The van der Waals surface area contributed by atoms with Crippen LogP contribution in [0.1, 0.15) is 17.0 Å². The lowest BCUT2D eigenvalue weighted by atomic mass is 10.1. The largest absolute Gasteiger partial charge is 0.356 e. The van der Waals surface area contributed by atoms with E-state index in [0.717, 1.165) is 22.5 Å². The Labute approximate surface area is 154 Å². The first-order valence-corrected chi connectivity index (χ1v) is 9.25. The standard InChI is InChI=1S/C18H16Cl2N2OS/c19-13-5-3-4-12(18(13)20)8-9-16(23)21-11-10-17-22-14-6-1-2-7-15(14)24-17/h1-7H,8-11H2,(H,21,23). The van der Waals surface area contributed by atoms with Gasteiger partial charge in [-0.2, -0.15) is 0 Å². The lowest BCUT2D eigenvalue weighted by molar-refractivity contribution is -0.121. The molecular weight excluding hydrogens is 363 g/mol. The molecule has 0 fully saturated rings. The van der Waals surface area contributed by atoms with Gasteiger partial charge in [-0.25, -0.2) is 4.98 Å². The Morgan fingerprint density at radius 1 is 1.08 bits per heavy atom. The number of nitrogens with one attached hydrogen (secondary N) is 1. The van der Waals surface area contributed by atoms with Crippen LogP contribution >= 0.6 is 34.5 Å². The second-order valence-corrected chi connectivity index (χ2v) is 7.29. The van der Waals surface area contributed by atoms with Gasteiger partial charge in [0.05, 0.1) is 25.3 Å². The van der Waals surface area contributed by atoms with Crippen LogP contribution in [0.4, 0.5) is 0 Å². The zero-order valence-corrected chi connectivity index (χ0v) is 15.2. The van der Waals surface area contributed by atoms with Gasteiger partial charge in [0, 0.05) is 19.4 Å². The van der Waals surface area contributed by atoms with E-state index in [1.165, 1.54) is 4.70 Å². The zero-order chi connectivity index (χ0) is 16.9. The van der Waals surface area contributed by atoms with Crippen molar-refractivity contribution in [3.05, 3.63) is 63.1 Å². The highest BCUT2D eigenvalue weighted by atomic mass is 35.5. The number of hydrogen-bond donors (Lipinski definition) is 1. The number of fused-ring (bicyclic) bond motifs is 1. The minimum absolute atomic E-state index is 0.00662. The van der Waals surface area contributed by atoms with Crippen molar-refractivity contribution in [2.24, 2.45) is 0 Å². The molecule has 24 heavy (non-hydrogen) atoms. The fourth-order valence-electron chi connectivity index (χ4n) is 2.41. The van der Waals surface area contributed by atoms with Crippen molar-refractivity contribution in [1.29, 1.82) is 0 Å². The molecule has 0 aliphatic carbocycles. The van der Waals surface area contributed by atoms with Gasteiger partial charge in [-0.3, -0.25) is 4.79 Å². The molecule has 0 bridgehead atoms. The molecule has 3 aromatic rings. The van der Waals surface area contributed by atoms with Crippen molar-refractivity contribution in [3.63, 3.8) is 0 Å². The van der Waals surface area contributed by atoms with Crippen LogP contribution in [0.2, 0.25) is 10.0 Å². The predicted octanol–water partition coefficient (Wildman–Crippen LogP) is 4.89. The predicted molar refractivity (Wildman–Crippen MR) is 101 cm³/mol. The molecule has 0 radical (unpaired) electrons. The molecule has 0 atom stereocenters. The second-order valence-electron chi connectivity index (χ2n) is 5.39. The summed E-state index contributed by atoms with van der Waals surface area (Å²) in [4.78, 5) is 16.5. The van der Waals surface area contributed by atoms with Gasteiger partial charge in [0.15, 0.2) is 0 Å². The van der Waals surface area contributed by atoms with Crippen molar-refractivity contribution >= 4 is 50.7 Å². The summed E-state index contributed by atoms with van der Waals surface area (Å²) in [5.74, 6) is 0.00662. The molecular formula is C18H16Cl2N2OS. The Hall–Kier alpha value is -1.62. The van der Waals surface area contributed by atoms with Gasteiger partial charge in [0.1, 0.15) is 0 Å². The SMILES string of the molecule is O=C(CCc1cccc(Cl)c1Cl)NCCc1nc2ccccc2s1. The number of carbonyl (C=O) groups is 1. The highest BCUT2D eigenvalue weighted by molar-refractivity contribution is 7.18. The molecule has 0 aliphatic rings. The topological polar surface area (TPSA) is 42.0 Å². The third-order valence-electron chi connectivity index (χ3n) is 3.65. The van der Waals surface area contributed by atoms with Crippen LogP contribution in [-0.4, -0.2) is 17.4 Å². The van der Waals surface area contributed by atoms with E-state index in [2.05, 4.69) is 16.4 Å². The first-order chi connectivity index (χ1) is 11.6. The number of amides is 1. The van der Waals surface area contributed by atoms with Gasteiger partial charge < -0.3 is 5.32 Å². The van der Waals surface area contributed by atoms with E-state index in [-0.39, 0.29) is 5.91 Å². The fraction of sp³-hybridized carbons (Fsp3) is 0.222. The molecule has 6 heteroatoms. The summed E-state index contributed by atoms with van der Waals surface area (Å²) in [7, 11) is 0. The molecule has 3 rings (SSSR count). The molecule has 1 aromatic heterocycles. The monoisotopic (exact) mass is 378 g/mol. The number of halogens is 2. The molecule has 1 amide bonds. The van der Waals surface area contributed by atoms with E-state index in [0.29, 0.717) is 29.4 Å². The molecule has 0 saturated carbocycles. The van der Waals surface area contributed by atoms with Crippen LogP contribution in [0, 0.1) is 0 Å². The van der Waals surface area contributed by atoms with Crippen molar-refractivity contribution < 1.29 is 4.79 Å². The number of thiazole rings is 1. The number of aryl methyl sites for hydroxylation is 1. The highest BCUT2D eigenvalue weighted by Gasteiger charge is 2.08. The molecule has 0 spiro atoms. The van der Waals surface area contributed by atoms with E-state index < -0.39 is 0 Å². The van der Waals surface area contributed by atoms with Crippen LogP contribution in [0.5, 0.6) is 0 Å². The molecule has 0 unspecified atom stereocenters. The van der Waals surface area contributed by atoms with Gasteiger partial charge in [-0.1, -0.05) is 47.5 Å². The van der Waals surface area contributed by atoms with Gasteiger partial charge >= 0.3 is 0 Å². The van der Waals surface area contributed by atoms with Crippen LogP contribution < -0.4 is 5.32 Å². The van der Waals surface area contributed by atoms with E-state index in [4.69, 9.17) is 23.2 Å². The maximum absolute atomic E-state index is 12.0. The maximum atomic E-state index is 12.0. The normalized spacial score (nSPS) is 10.9. The molecule has 1 N–H and O–H groups in total. The number of carbonyl (C=O) groups excluding carboxylic acids is 1. The van der Waals surface area contributed by atoms with E-state index >= 15 is 0 Å². The van der Waals surface area contributed by atoms with Crippen molar-refractivity contribution in [3.8, 4) is 0 Å². The first-order valence-electron chi connectivity index (χ1n) is 7.67. The van der Waals surface area contributed by atoms with Crippen LogP contribution in [0.25, 0.3) is 10.2 Å².